The highest BCUT2D eigenvalue weighted by molar-refractivity contribution is 6.33. The molecule has 0 unspecified atom stereocenters. The van der Waals surface area contributed by atoms with Crippen LogP contribution in [-0.2, 0) is 4.79 Å². The Morgan fingerprint density at radius 1 is 1.04 bits per heavy atom. The van der Waals surface area contributed by atoms with E-state index in [1.807, 2.05) is 32.0 Å². The number of amides is 2. The Labute approximate surface area is 145 Å². The van der Waals surface area contributed by atoms with Crippen molar-refractivity contribution in [2.75, 3.05) is 6.61 Å². The Morgan fingerprint density at radius 2 is 1.79 bits per heavy atom. The molecular formula is C18H19ClN2O3. The number of benzene rings is 2. The fourth-order valence-corrected chi connectivity index (χ4v) is 2.26. The predicted octanol–water partition coefficient (Wildman–Crippen LogP) is 3.19. The number of halogens is 1. The van der Waals surface area contributed by atoms with E-state index < -0.39 is 5.91 Å². The highest BCUT2D eigenvalue weighted by atomic mass is 35.5. The number of hydrogen-bond acceptors (Lipinski definition) is 3. The van der Waals surface area contributed by atoms with Crippen molar-refractivity contribution >= 4 is 23.4 Å². The van der Waals surface area contributed by atoms with Crippen molar-refractivity contribution in [1.82, 2.24) is 10.9 Å². The molecule has 0 aromatic heterocycles. The van der Waals surface area contributed by atoms with Crippen LogP contribution in [0.25, 0.3) is 0 Å². The van der Waals surface area contributed by atoms with Gasteiger partial charge in [-0.05, 0) is 43.2 Å². The SMILES string of the molecule is Cc1cccc(OCCC(=O)NNC(=O)c2ccccc2Cl)c1C. The van der Waals surface area contributed by atoms with Crippen LogP contribution in [0.5, 0.6) is 5.75 Å². The summed E-state index contributed by atoms with van der Waals surface area (Å²) >= 11 is 5.92. The lowest BCUT2D eigenvalue weighted by Gasteiger charge is -2.11. The van der Waals surface area contributed by atoms with E-state index in [1.54, 1.807) is 24.3 Å². The molecule has 0 saturated heterocycles. The average Bonchev–Trinajstić information content (AvgIpc) is 2.57. The molecule has 2 aromatic carbocycles. The van der Waals surface area contributed by atoms with Crippen LogP contribution in [0.4, 0.5) is 0 Å². The van der Waals surface area contributed by atoms with Gasteiger partial charge in [-0.1, -0.05) is 35.9 Å². The van der Waals surface area contributed by atoms with Gasteiger partial charge >= 0.3 is 0 Å². The van der Waals surface area contributed by atoms with Gasteiger partial charge < -0.3 is 4.74 Å². The van der Waals surface area contributed by atoms with Crippen molar-refractivity contribution in [2.24, 2.45) is 0 Å². The molecule has 0 heterocycles. The summed E-state index contributed by atoms with van der Waals surface area (Å²) in [4.78, 5) is 23.7. The molecule has 24 heavy (non-hydrogen) atoms. The first-order valence-corrected chi connectivity index (χ1v) is 7.89. The minimum absolute atomic E-state index is 0.121. The zero-order valence-electron chi connectivity index (χ0n) is 13.6. The zero-order valence-corrected chi connectivity index (χ0v) is 14.3. The maximum Gasteiger partial charge on any atom is 0.271 e. The molecule has 0 aliphatic heterocycles. The number of aryl methyl sites for hydroxylation is 1. The zero-order chi connectivity index (χ0) is 17.5. The predicted molar refractivity (Wildman–Crippen MR) is 93.1 cm³/mol. The monoisotopic (exact) mass is 346 g/mol. The van der Waals surface area contributed by atoms with Crippen LogP contribution in [0, 0.1) is 13.8 Å². The second-order valence-corrected chi connectivity index (χ2v) is 5.69. The molecule has 0 aliphatic rings. The van der Waals surface area contributed by atoms with Crippen LogP contribution < -0.4 is 15.6 Å². The van der Waals surface area contributed by atoms with E-state index in [0.717, 1.165) is 16.9 Å². The molecule has 2 aromatic rings. The molecule has 5 nitrogen and oxygen atoms in total. The van der Waals surface area contributed by atoms with E-state index in [0.29, 0.717) is 10.6 Å². The molecule has 6 heteroatoms. The van der Waals surface area contributed by atoms with Crippen molar-refractivity contribution in [2.45, 2.75) is 20.3 Å². The molecule has 2 rings (SSSR count). The highest BCUT2D eigenvalue weighted by Gasteiger charge is 2.10. The third-order valence-corrected chi connectivity index (χ3v) is 3.91. The van der Waals surface area contributed by atoms with Crippen molar-refractivity contribution in [3.63, 3.8) is 0 Å². The van der Waals surface area contributed by atoms with Gasteiger partial charge in [0.15, 0.2) is 0 Å². The summed E-state index contributed by atoms with van der Waals surface area (Å²) in [6.07, 6.45) is 0.121. The first-order valence-electron chi connectivity index (χ1n) is 7.51. The lowest BCUT2D eigenvalue weighted by Crippen LogP contribution is -2.42. The number of rotatable bonds is 5. The molecule has 0 aliphatic carbocycles. The van der Waals surface area contributed by atoms with E-state index in [9.17, 15) is 9.59 Å². The number of hydrazine groups is 1. The Morgan fingerprint density at radius 3 is 2.54 bits per heavy atom. The first-order chi connectivity index (χ1) is 11.5. The molecule has 0 saturated carbocycles. The van der Waals surface area contributed by atoms with Gasteiger partial charge in [-0.2, -0.15) is 0 Å². The summed E-state index contributed by atoms with van der Waals surface area (Å²) in [5, 5.41) is 0.322. The number of nitrogens with one attached hydrogen (secondary N) is 2. The summed E-state index contributed by atoms with van der Waals surface area (Å²) in [6.45, 7) is 4.19. The minimum Gasteiger partial charge on any atom is -0.493 e. The summed E-state index contributed by atoms with van der Waals surface area (Å²) in [5.41, 5.74) is 7.15. The second-order valence-electron chi connectivity index (χ2n) is 5.28. The lowest BCUT2D eigenvalue weighted by molar-refractivity contribution is -0.122. The Bertz CT molecular complexity index is 747. The summed E-state index contributed by atoms with van der Waals surface area (Å²) in [6, 6.07) is 12.4. The maximum atomic E-state index is 11.9. The Hall–Kier alpha value is -2.53. The molecule has 126 valence electrons. The molecule has 0 fully saturated rings. The fourth-order valence-electron chi connectivity index (χ4n) is 2.04. The van der Waals surface area contributed by atoms with Gasteiger partial charge in [0.2, 0.25) is 5.91 Å². The lowest BCUT2D eigenvalue weighted by atomic mass is 10.1. The Balaban J connectivity index is 1.77. The van der Waals surface area contributed by atoms with E-state index in [1.165, 1.54) is 0 Å². The van der Waals surface area contributed by atoms with Crippen molar-refractivity contribution in [1.29, 1.82) is 0 Å². The number of carbonyl (C=O) groups is 2. The maximum absolute atomic E-state index is 11.9. The number of hydrogen-bond donors (Lipinski definition) is 2. The van der Waals surface area contributed by atoms with Crippen LogP contribution in [-0.4, -0.2) is 18.4 Å². The largest absolute Gasteiger partial charge is 0.493 e. The summed E-state index contributed by atoms with van der Waals surface area (Å²) in [7, 11) is 0. The quantitative estimate of drug-likeness (QED) is 0.817. The van der Waals surface area contributed by atoms with Gasteiger partial charge in [0.25, 0.3) is 5.91 Å². The van der Waals surface area contributed by atoms with E-state index in [4.69, 9.17) is 16.3 Å². The van der Waals surface area contributed by atoms with E-state index in [2.05, 4.69) is 10.9 Å². The average molecular weight is 347 g/mol. The fraction of sp³-hybridized carbons (Fsp3) is 0.222. The van der Waals surface area contributed by atoms with E-state index in [-0.39, 0.29) is 18.9 Å². The number of carbonyl (C=O) groups excluding carboxylic acids is 2. The summed E-state index contributed by atoms with van der Waals surface area (Å²) < 4.78 is 5.60. The highest BCUT2D eigenvalue weighted by Crippen LogP contribution is 2.20. The van der Waals surface area contributed by atoms with Crippen LogP contribution in [0.1, 0.15) is 27.9 Å². The topological polar surface area (TPSA) is 67.4 Å². The standard InChI is InChI=1S/C18H19ClN2O3/c1-12-6-5-9-16(13(12)2)24-11-10-17(22)20-21-18(23)14-7-3-4-8-15(14)19/h3-9H,10-11H2,1-2H3,(H,20,22)(H,21,23). The second kappa shape index (κ2) is 8.36. The van der Waals surface area contributed by atoms with Crippen LogP contribution in [0.2, 0.25) is 5.02 Å². The molecule has 0 spiro atoms. The number of ether oxygens (including phenoxy) is 1. The minimum atomic E-state index is -0.468. The smallest absolute Gasteiger partial charge is 0.271 e. The third-order valence-electron chi connectivity index (χ3n) is 3.58. The van der Waals surface area contributed by atoms with Gasteiger partial charge in [0, 0.05) is 0 Å². The molecule has 2 N–H and O–H groups in total. The van der Waals surface area contributed by atoms with Crippen molar-refractivity contribution in [3.05, 3.63) is 64.2 Å². The summed E-state index contributed by atoms with van der Waals surface area (Å²) in [5.74, 6) is -0.0620. The first kappa shape index (κ1) is 17.8. The molecule has 2 amide bonds. The molecule has 0 radical (unpaired) electrons. The third kappa shape index (κ3) is 4.73. The van der Waals surface area contributed by atoms with Gasteiger partial charge in [0.1, 0.15) is 5.75 Å². The van der Waals surface area contributed by atoms with Gasteiger partial charge in [-0.15, -0.1) is 0 Å². The molecular weight excluding hydrogens is 328 g/mol. The van der Waals surface area contributed by atoms with E-state index >= 15 is 0 Å². The Kier molecular flexibility index (Phi) is 6.21. The van der Waals surface area contributed by atoms with Crippen LogP contribution in [0.3, 0.4) is 0 Å². The normalized spacial score (nSPS) is 10.1. The van der Waals surface area contributed by atoms with Crippen molar-refractivity contribution in [3.8, 4) is 5.75 Å². The van der Waals surface area contributed by atoms with Crippen molar-refractivity contribution < 1.29 is 14.3 Å². The molecule has 0 bridgehead atoms. The van der Waals surface area contributed by atoms with Crippen LogP contribution >= 0.6 is 11.6 Å². The van der Waals surface area contributed by atoms with Crippen LogP contribution in [0.15, 0.2) is 42.5 Å². The van der Waals surface area contributed by atoms with Gasteiger partial charge in [0.05, 0.1) is 23.6 Å². The van der Waals surface area contributed by atoms with Gasteiger partial charge in [-0.3, -0.25) is 20.4 Å². The molecule has 0 atom stereocenters. The van der Waals surface area contributed by atoms with Gasteiger partial charge in [-0.25, -0.2) is 0 Å².